The molecule has 1 aromatic rings. The van der Waals surface area contributed by atoms with Gasteiger partial charge in [0.15, 0.2) is 0 Å². The van der Waals surface area contributed by atoms with Crippen LogP contribution in [0.15, 0.2) is 24.3 Å². The van der Waals surface area contributed by atoms with Crippen LogP contribution in [0.25, 0.3) is 0 Å². The Morgan fingerprint density at radius 2 is 1.76 bits per heavy atom. The molecule has 0 radical (unpaired) electrons. The third kappa shape index (κ3) is 4.53. The summed E-state index contributed by atoms with van der Waals surface area (Å²) in [6.45, 7) is 3.25. The molecule has 1 heterocycles. The second-order valence-electron chi connectivity index (χ2n) is 15.4. The number of amides is 1. The van der Waals surface area contributed by atoms with E-state index in [9.17, 15) is 24.6 Å². The summed E-state index contributed by atoms with van der Waals surface area (Å²) in [6.07, 6.45) is 0.548. The van der Waals surface area contributed by atoms with Crippen LogP contribution in [-0.2, 0) is 38.0 Å². The smallest absolute Gasteiger partial charge is 0.340 e. The second-order valence-corrected chi connectivity index (χ2v) is 15.4. The lowest BCUT2D eigenvalue weighted by molar-refractivity contribution is -0.320. The fourth-order valence-corrected chi connectivity index (χ4v) is 12.6. The SMILES string of the molecule is CCN1C[C@]2(COC(=O)c3ccccc3NC(=O)CCC(=O)OC)CC[C@H](OC)[C@]34C1[C@@](O)([C@@H](OC)[C@H]23)[C@@]1(O)C[C@H](OC)[C@H]2C[C@@H]4C1C2OC. The van der Waals surface area contributed by atoms with Gasteiger partial charge in [-0.2, -0.15) is 0 Å². The number of anilines is 1. The number of nitrogens with one attached hydrogen (secondary N) is 1. The fraction of sp³-hybridized carbons (Fsp3) is 0.757. The number of ether oxygens (including phenoxy) is 6. The number of likely N-dealkylation sites (N-methyl/N-ethyl adjacent to an activating group) is 1. The molecule has 13 nitrogen and oxygen atoms in total. The highest BCUT2D eigenvalue weighted by atomic mass is 16.5. The Bertz CT molecular complexity index is 1510. The number of carbonyl (C=O) groups is 3. The van der Waals surface area contributed by atoms with Crippen molar-refractivity contribution >= 4 is 23.5 Å². The Morgan fingerprint density at radius 3 is 2.42 bits per heavy atom. The molecule has 276 valence electrons. The maximum absolute atomic E-state index is 13.9. The molecule has 5 aliphatic carbocycles. The lowest BCUT2D eigenvalue weighted by Crippen LogP contribution is -2.82. The monoisotopic (exact) mass is 700 g/mol. The minimum atomic E-state index is -1.69. The van der Waals surface area contributed by atoms with Crippen molar-refractivity contribution in [3.05, 3.63) is 29.8 Å². The molecule has 7 bridgehead atoms. The summed E-state index contributed by atoms with van der Waals surface area (Å²) >= 11 is 0. The molecule has 0 aromatic heterocycles. The molecule has 13 heteroatoms. The molecule has 1 saturated heterocycles. The normalized spacial score (nSPS) is 43.7. The van der Waals surface area contributed by atoms with E-state index in [1.165, 1.54) is 7.11 Å². The summed E-state index contributed by atoms with van der Waals surface area (Å²) in [5.74, 6) is -2.23. The summed E-state index contributed by atoms with van der Waals surface area (Å²) in [4.78, 5) is 40.5. The van der Waals surface area contributed by atoms with Gasteiger partial charge in [-0.1, -0.05) is 19.1 Å². The molecular formula is C37H52N2O11. The topological polar surface area (TPSA) is 162 Å². The van der Waals surface area contributed by atoms with E-state index in [4.69, 9.17) is 23.7 Å². The van der Waals surface area contributed by atoms with Crippen molar-refractivity contribution in [2.24, 2.45) is 34.5 Å². The fourth-order valence-electron chi connectivity index (χ4n) is 12.6. The van der Waals surface area contributed by atoms with Gasteiger partial charge >= 0.3 is 11.9 Å². The first-order chi connectivity index (χ1) is 24.0. The van der Waals surface area contributed by atoms with Crippen LogP contribution >= 0.6 is 0 Å². The zero-order chi connectivity index (χ0) is 35.8. The van der Waals surface area contributed by atoms with E-state index in [-0.39, 0.29) is 79.1 Å². The number of hydrogen-bond donors (Lipinski definition) is 3. The van der Waals surface area contributed by atoms with Crippen LogP contribution in [0.1, 0.15) is 55.8 Å². The lowest BCUT2D eigenvalue weighted by atomic mass is 9.42. The Kier molecular flexibility index (Phi) is 9.14. The average molecular weight is 701 g/mol. The van der Waals surface area contributed by atoms with Gasteiger partial charge in [0.25, 0.3) is 0 Å². The molecule has 5 saturated carbocycles. The van der Waals surface area contributed by atoms with E-state index in [0.29, 0.717) is 25.9 Å². The predicted molar refractivity (Wildman–Crippen MR) is 178 cm³/mol. The predicted octanol–water partition coefficient (Wildman–Crippen LogP) is 2.03. The lowest BCUT2D eigenvalue weighted by Gasteiger charge is -2.70. The molecule has 3 unspecified atom stereocenters. The number of likely N-dealkylation sites (tertiary alicyclic amines) is 1. The van der Waals surface area contributed by atoms with Gasteiger partial charge in [0, 0.05) is 76.4 Å². The number of aliphatic hydroxyl groups is 2. The van der Waals surface area contributed by atoms with E-state index in [1.807, 2.05) is 0 Å². The van der Waals surface area contributed by atoms with Gasteiger partial charge in [0.1, 0.15) is 11.2 Å². The summed E-state index contributed by atoms with van der Waals surface area (Å²) < 4.78 is 35.9. The number of benzene rings is 1. The summed E-state index contributed by atoms with van der Waals surface area (Å²) in [5.41, 5.74) is -4.06. The zero-order valence-electron chi connectivity index (χ0n) is 29.9. The standard InChI is InChI=1S/C37H52N2O11/c1-7-39-18-34(19-50-32(42)20-10-8-9-11-23(20)38-26(40)12-13-27(41)47-4)15-14-25(46-3)36-22-16-21-24(45-2)17-35(43,28(22)29(21)48-5)37(44,33(36)39)31(49-6)30(34)36/h8-11,21-22,24-25,28-31,33,43-44H,7,12-19H2,1-6H3,(H,38,40)/t21-,22-,24+,25+,28?,29?,30-,31+,33?,34+,35-,36+,37+/m1/s1. The van der Waals surface area contributed by atoms with E-state index in [0.717, 1.165) is 6.42 Å². The number of piperidine rings is 1. The van der Waals surface area contributed by atoms with Crippen LogP contribution in [0.2, 0.25) is 0 Å². The minimum Gasteiger partial charge on any atom is -0.469 e. The Morgan fingerprint density at radius 1 is 1.00 bits per heavy atom. The van der Waals surface area contributed by atoms with Crippen molar-refractivity contribution in [2.45, 2.75) is 87.1 Å². The quantitative estimate of drug-likeness (QED) is 0.273. The molecule has 1 spiro atoms. The van der Waals surface area contributed by atoms with Crippen molar-refractivity contribution < 1.29 is 53.0 Å². The minimum absolute atomic E-state index is 0.0420. The van der Waals surface area contributed by atoms with Crippen LogP contribution in [0, 0.1) is 34.5 Å². The van der Waals surface area contributed by atoms with Gasteiger partial charge < -0.3 is 44.0 Å². The Hall–Kier alpha value is -2.65. The molecular weight excluding hydrogens is 648 g/mol. The van der Waals surface area contributed by atoms with Crippen LogP contribution in [-0.4, -0.2) is 130 Å². The Labute approximate surface area is 293 Å². The van der Waals surface area contributed by atoms with Crippen molar-refractivity contribution in [3.8, 4) is 0 Å². The van der Waals surface area contributed by atoms with Crippen molar-refractivity contribution in [3.63, 3.8) is 0 Å². The number of nitrogens with zero attached hydrogens (tertiary/aromatic N) is 1. The number of para-hydroxylation sites is 1. The summed E-state index contributed by atoms with van der Waals surface area (Å²) in [6, 6.07) is 6.17. The molecule has 6 fully saturated rings. The first kappa shape index (κ1) is 35.7. The number of fused-ring (bicyclic) bond motifs is 2. The first-order valence-electron chi connectivity index (χ1n) is 17.9. The highest BCUT2D eigenvalue weighted by molar-refractivity contribution is 6.01. The van der Waals surface area contributed by atoms with Crippen LogP contribution < -0.4 is 5.32 Å². The van der Waals surface area contributed by atoms with Gasteiger partial charge in [0.05, 0.1) is 61.8 Å². The number of carbonyl (C=O) groups excluding carboxylic acids is 3. The molecule has 1 aromatic carbocycles. The first-order valence-corrected chi connectivity index (χ1v) is 17.9. The van der Waals surface area contributed by atoms with Gasteiger partial charge in [-0.15, -0.1) is 0 Å². The summed E-state index contributed by atoms with van der Waals surface area (Å²) in [7, 11) is 7.95. The number of hydrogen-bond acceptors (Lipinski definition) is 12. The largest absolute Gasteiger partial charge is 0.469 e. The van der Waals surface area contributed by atoms with E-state index >= 15 is 0 Å². The molecule has 1 amide bonds. The highest BCUT2D eigenvalue weighted by Crippen LogP contribution is 2.80. The molecule has 50 heavy (non-hydrogen) atoms. The zero-order valence-corrected chi connectivity index (χ0v) is 29.9. The van der Waals surface area contributed by atoms with Crippen molar-refractivity contribution in [1.29, 1.82) is 0 Å². The molecule has 7 rings (SSSR count). The molecule has 1 aliphatic heterocycles. The third-order valence-electron chi connectivity index (χ3n) is 14.0. The second kappa shape index (κ2) is 12.8. The van der Waals surface area contributed by atoms with Crippen LogP contribution in [0.3, 0.4) is 0 Å². The van der Waals surface area contributed by atoms with Gasteiger partial charge in [-0.05, 0) is 43.9 Å². The summed E-state index contributed by atoms with van der Waals surface area (Å²) in [5, 5.41) is 29.3. The van der Waals surface area contributed by atoms with Gasteiger partial charge in [-0.25, -0.2) is 4.79 Å². The van der Waals surface area contributed by atoms with Crippen LogP contribution in [0.5, 0.6) is 0 Å². The van der Waals surface area contributed by atoms with Crippen molar-refractivity contribution in [2.75, 3.05) is 60.6 Å². The molecule has 6 aliphatic rings. The highest BCUT2D eigenvalue weighted by Gasteiger charge is 2.91. The van der Waals surface area contributed by atoms with Crippen molar-refractivity contribution in [1.82, 2.24) is 4.90 Å². The Balaban J connectivity index is 1.27. The maximum Gasteiger partial charge on any atom is 0.340 e. The molecule has 3 N–H and O–H groups in total. The van der Waals surface area contributed by atoms with E-state index in [1.54, 1.807) is 52.7 Å². The number of esters is 2. The third-order valence-corrected chi connectivity index (χ3v) is 14.0. The van der Waals surface area contributed by atoms with E-state index < -0.39 is 52.0 Å². The van der Waals surface area contributed by atoms with Gasteiger partial charge in [0.2, 0.25) is 5.91 Å². The number of methoxy groups -OCH3 is 5. The average Bonchev–Trinajstić information content (AvgIpc) is 3.54. The maximum atomic E-state index is 13.9. The van der Waals surface area contributed by atoms with Crippen LogP contribution in [0.4, 0.5) is 5.69 Å². The number of rotatable bonds is 12. The van der Waals surface area contributed by atoms with E-state index in [2.05, 4.69) is 21.9 Å². The molecule has 13 atom stereocenters. The van der Waals surface area contributed by atoms with Gasteiger partial charge in [-0.3, -0.25) is 14.5 Å².